The minimum Gasteiger partial charge on any atom is -0.352 e. The number of hydrogen-bond acceptors (Lipinski definition) is 1. The molecule has 0 fully saturated rings. The maximum absolute atomic E-state index is 13.6. The Bertz CT molecular complexity index is 1130. The summed E-state index contributed by atoms with van der Waals surface area (Å²) >= 11 is 0. The predicted octanol–water partition coefficient (Wildman–Crippen LogP) is 5.64. The lowest BCUT2D eigenvalue weighted by molar-refractivity contribution is -0.121. The minimum atomic E-state index is -0.276. The Morgan fingerprint density at radius 1 is 0.967 bits per heavy atom. The summed E-state index contributed by atoms with van der Waals surface area (Å²) in [6.07, 6.45) is 2.43. The number of aromatic nitrogens is 1. The summed E-state index contributed by atoms with van der Waals surface area (Å²) in [5, 5.41) is 4.16. The smallest absolute Gasteiger partial charge is 0.221 e. The van der Waals surface area contributed by atoms with Gasteiger partial charge in [-0.2, -0.15) is 0 Å². The summed E-state index contributed by atoms with van der Waals surface area (Å²) in [7, 11) is 0. The molecule has 4 rings (SSSR count). The highest BCUT2D eigenvalue weighted by molar-refractivity contribution is 5.86. The fourth-order valence-corrected chi connectivity index (χ4v) is 3.97. The van der Waals surface area contributed by atoms with Crippen LogP contribution >= 0.6 is 0 Å². The Hall–Kier alpha value is -3.40. The molecule has 0 aliphatic rings. The van der Waals surface area contributed by atoms with Crippen molar-refractivity contribution in [2.45, 2.75) is 32.4 Å². The molecule has 0 saturated carbocycles. The monoisotopic (exact) mass is 400 g/mol. The van der Waals surface area contributed by atoms with Crippen molar-refractivity contribution >= 4 is 16.8 Å². The minimum absolute atomic E-state index is 0.0264. The SMILES string of the molecule is CCn1cc(C(CC(=O)NCc2ccccc2)c2ccc(F)cc2)c2ccccc21. The molecule has 0 aliphatic carbocycles. The van der Waals surface area contributed by atoms with Crippen molar-refractivity contribution in [3.8, 4) is 0 Å². The van der Waals surface area contributed by atoms with Gasteiger partial charge in [0.05, 0.1) is 0 Å². The van der Waals surface area contributed by atoms with E-state index in [-0.39, 0.29) is 17.6 Å². The molecule has 0 spiro atoms. The zero-order valence-corrected chi connectivity index (χ0v) is 17.0. The van der Waals surface area contributed by atoms with E-state index < -0.39 is 0 Å². The van der Waals surface area contributed by atoms with Gasteiger partial charge in [-0.3, -0.25) is 4.79 Å². The number of nitrogens with zero attached hydrogens (tertiary/aromatic N) is 1. The molecule has 4 heteroatoms. The lowest BCUT2D eigenvalue weighted by Crippen LogP contribution is -2.25. The molecule has 1 heterocycles. The van der Waals surface area contributed by atoms with Crippen molar-refractivity contribution in [3.05, 3.63) is 108 Å². The number of carbonyl (C=O) groups excluding carboxylic acids is 1. The van der Waals surface area contributed by atoms with E-state index in [1.54, 1.807) is 12.1 Å². The van der Waals surface area contributed by atoms with Gasteiger partial charge in [-0.25, -0.2) is 4.39 Å². The first-order valence-corrected chi connectivity index (χ1v) is 10.3. The van der Waals surface area contributed by atoms with Gasteiger partial charge in [0.25, 0.3) is 0 Å². The molecule has 1 N–H and O–H groups in total. The zero-order valence-electron chi connectivity index (χ0n) is 17.0. The van der Waals surface area contributed by atoms with E-state index >= 15 is 0 Å². The number of halogens is 1. The Kier molecular flexibility index (Phi) is 5.94. The van der Waals surface area contributed by atoms with Crippen molar-refractivity contribution in [1.82, 2.24) is 9.88 Å². The lowest BCUT2D eigenvalue weighted by Gasteiger charge is -2.17. The fourth-order valence-electron chi connectivity index (χ4n) is 3.97. The van der Waals surface area contributed by atoms with E-state index in [4.69, 9.17) is 0 Å². The van der Waals surface area contributed by atoms with Crippen LogP contribution in [0.1, 0.15) is 36.0 Å². The highest BCUT2D eigenvalue weighted by Gasteiger charge is 2.22. The standard InChI is InChI=1S/C26H25FN2O/c1-2-29-18-24(22-10-6-7-11-25(22)29)23(20-12-14-21(27)15-13-20)16-26(30)28-17-19-8-4-3-5-9-19/h3-15,18,23H,2,16-17H2,1H3,(H,28,30). The van der Waals surface area contributed by atoms with Gasteiger partial charge in [-0.15, -0.1) is 0 Å². The number of fused-ring (bicyclic) bond motifs is 1. The molecule has 1 amide bonds. The second-order valence-corrected chi connectivity index (χ2v) is 7.46. The number of rotatable bonds is 7. The molecular weight excluding hydrogens is 375 g/mol. The summed E-state index contributed by atoms with van der Waals surface area (Å²) in [5.74, 6) is -0.456. The number of benzene rings is 3. The maximum atomic E-state index is 13.6. The van der Waals surface area contributed by atoms with Gasteiger partial charge in [0.15, 0.2) is 0 Å². The lowest BCUT2D eigenvalue weighted by atomic mass is 9.88. The normalized spacial score (nSPS) is 12.1. The first kappa shape index (κ1) is 19.9. The van der Waals surface area contributed by atoms with Gasteiger partial charge in [-0.1, -0.05) is 60.7 Å². The number of amides is 1. The predicted molar refractivity (Wildman–Crippen MR) is 119 cm³/mol. The van der Waals surface area contributed by atoms with E-state index in [0.717, 1.165) is 34.1 Å². The first-order valence-electron chi connectivity index (χ1n) is 10.3. The third-order valence-corrected chi connectivity index (χ3v) is 5.53. The summed E-state index contributed by atoms with van der Waals surface area (Å²) in [5.41, 5.74) is 4.23. The van der Waals surface area contributed by atoms with Crippen molar-refractivity contribution in [2.75, 3.05) is 0 Å². The molecule has 0 radical (unpaired) electrons. The molecule has 1 atom stereocenters. The maximum Gasteiger partial charge on any atom is 0.221 e. The quantitative estimate of drug-likeness (QED) is 0.428. The topological polar surface area (TPSA) is 34.0 Å². The Morgan fingerprint density at radius 2 is 1.67 bits per heavy atom. The van der Waals surface area contributed by atoms with Crippen LogP contribution in [0.2, 0.25) is 0 Å². The van der Waals surface area contributed by atoms with Crippen molar-refractivity contribution in [2.24, 2.45) is 0 Å². The molecular formula is C26H25FN2O. The van der Waals surface area contributed by atoms with Gasteiger partial charge in [-0.05, 0) is 41.8 Å². The molecule has 0 aliphatic heterocycles. The fraction of sp³-hybridized carbons (Fsp3) is 0.192. The van der Waals surface area contributed by atoms with Crippen LogP contribution in [0.4, 0.5) is 4.39 Å². The number of aryl methyl sites for hydroxylation is 1. The van der Waals surface area contributed by atoms with Gasteiger partial charge in [0, 0.05) is 42.5 Å². The average molecular weight is 400 g/mol. The number of hydrogen-bond donors (Lipinski definition) is 1. The zero-order chi connectivity index (χ0) is 20.9. The molecule has 0 bridgehead atoms. The van der Waals surface area contributed by atoms with Gasteiger partial charge < -0.3 is 9.88 Å². The molecule has 152 valence electrons. The van der Waals surface area contributed by atoms with E-state index in [0.29, 0.717) is 13.0 Å². The largest absolute Gasteiger partial charge is 0.352 e. The number of nitrogens with one attached hydrogen (secondary N) is 1. The van der Waals surface area contributed by atoms with Crippen molar-refractivity contribution < 1.29 is 9.18 Å². The molecule has 1 aromatic heterocycles. The summed E-state index contributed by atoms with van der Waals surface area (Å²) in [6, 6.07) is 24.6. The molecule has 3 aromatic carbocycles. The molecule has 4 aromatic rings. The van der Waals surface area contributed by atoms with Crippen LogP contribution in [0.15, 0.2) is 85.1 Å². The van der Waals surface area contributed by atoms with Gasteiger partial charge in [0.2, 0.25) is 5.91 Å². The van der Waals surface area contributed by atoms with E-state index in [2.05, 4.69) is 35.1 Å². The molecule has 1 unspecified atom stereocenters. The van der Waals surface area contributed by atoms with Crippen LogP contribution in [0.25, 0.3) is 10.9 Å². The first-order chi connectivity index (χ1) is 14.7. The molecule has 0 saturated heterocycles. The van der Waals surface area contributed by atoms with Crippen LogP contribution < -0.4 is 5.32 Å². The van der Waals surface area contributed by atoms with E-state index in [9.17, 15) is 9.18 Å². The van der Waals surface area contributed by atoms with Crippen LogP contribution in [0, 0.1) is 5.82 Å². The van der Waals surface area contributed by atoms with Gasteiger partial charge in [0.1, 0.15) is 5.82 Å². The summed E-state index contributed by atoms with van der Waals surface area (Å²) in [6.45, 7) is 3.44. The van der Waals surface area contributed by atoms with Gasteiger partial charge >= 0.3 is 0 Å². The third-order valence-electron chi connectivity index (χ3n) is 5.53. The summed E-state index contributed by atoms with van der Waals surface area (Å²) in [4.78, 5) is 12.9. The second kappa shape index (κ2) is 8.95. The third kappa shape index (κ3) is 4.28. The second-order valence-electron chi connectivity index (χ2n) is 7.46. The highest BCUT2D eigenvalue weighted by Crippen LogP contribution is 2.35. The van der Waals surface area contributed by atoms with Crippen molar-refractivity contribution in [1.29, 1.82) is 0 Å². The Labute approximate surface area is 176 Å². The number of carbonyl (C=O) groups is 1. The van der Waals surface area contributed by atoms with E-state index in [1.807, 2.05) is 42.5 Å². The average Bonchev–Trinajstić information content (AvgIpc) is 3.16. The Morgan fingerprint density at radius 3 is 2.40 bits per heavy atom. The summed E-state index contributed by atoms with van der Waals surface area (Å²) < 4.78 is 15.7. The van der Waals surface area contributed by atoms with E-state index in [1.165, 1.54) is 12.1 Å². The van der Waals surface area contributed by atoms with Crippen molar-refractivity contribution in [3.63, 3.8) is 0 Å². The van der Waals surface area contributed by atoms with Crippen LogP contribution in [0.5, 0.6) is 0 Å². The van der Waals surface area contributed by atoms with Crippen LogP contribution in [-0.4, -0.2) is 10.5 Å². The Balaban J connectivity index is 1.65. The number of para-hydroxylation sites is 1. The highest BCUT2D eigenvalue weighted by atomic mass is 19.1. The molecule has 30 heavy (non-hydrogen) atoms. The van der Waals surface area contributed by atoms with Crippen LogP contribution in [-0.2, 0) is 17.9 Å². The molecule has 3 nitrogen and oxygen atoms in total. The van der Waals surface area contributed by atoms with Crippen LogP contribution in [0.3, 0.4) is 0 Å².